The van der Waals surface area contributed by atoms with Crippen LogP contribution in [0.1, 0.15) is 41.2 Å². The first-order chi connectivity index (χ1) is 11.8. The van der Waals surface area contributed by atoms with Crippen molar-refractivity contribution < 1.29 is 17.5 Å². The summed E-state index contributed by atoms with van der Waals surface area (Å²) in [4.78, 5) is 6.44. The monoisotopic (exact) mass is 369 g/mol. The number of aromatic nitrogens is 3. The second kappa shape index (κ2) is 6.85. The van der Waals surface area contributed by atoms with Crippen molar-refractivity contribution in [2.75, 3.05) is 25.9 Å². The lowest BCUT2D eigenvalue weighted by Gasteiger charge is -2.24. The lowest BCUT2D eigenvalue weighted by molar-refractivity contribution is 0.257. The fraction of sp³-hybridized carbons (Fsp3) is 0.667. The maximum atomic E-state index is 12.3. The Kier molecular flexibility index (Phi) is 4.94. The van der Waals surface area contributed by atoms with Crippen LogP contribution in [0.25, 0.3) is 0 Å². The molecule has 1 atom stereocenters. The second-order valence-electron chi connectivity index (χ2n) is 6.44. The molecule has 0 bridgehead atoms. The van der Waals surface area contributed by atoms with Crippen molar-refractivity contribution in [3.05, 3.63) is 28.7 Å². The minimum atomic E-state index is -3.39. The molecule has 2 aromatic heterocycles. The third kappa shape index (κ3) is 3.91. The van der Waals surface area contributed by atoms with Gasteiger partial charge < -0.3 is 9.05 Å². The lowest BCUT2D eigenvalue weighted by Crippen LogP contribution is -2.36. The molecule has 10 heteroatoms. The first kappa shape index (κ1) is 18.0. The Bertz CT molecular complexity index is 824. The van der Waals surface area contributed by atoms with Crippen LogP contribution < -0.4 is 0 Å². The summed E-state index contributed by atoms with van der Waals surface area (Å²) in [7, 11) is -3.39. The minimum absolute atomic E-state index is 0.349. The Balaban J connectivity index is 1.82. The van der Waals surface area contributed by atoms with Crippen molar-refractivity contribution in [3.8, 4) is 0 Å². The summed E-state index contributed by atoms with van der Waals surface area (Å²) >= 11 is 0. The van der Waals surface area contributed by atoms with Crippen molar-refractivity contribution in [1.82, 2.24) is 24.5 Å². The smallest absolute Gasteiger partial charge is 0.245 e. The largest absolute Gasteiger partial charge is 0.361 e. The molecule has 2 aromatic rings. The first-order valence-corrected chi connectivity index (χ1v) is 10.0. The third-order valence-electron chi connectivity index (χ3n) is 4.52. The molecule has 3 heterocycles. The number of sulfonamides is 1. The molecule has 25 heavy (non-hydrogen) atoms. The molecule has 9 nitrogen and oxygen atoms in total. The summed E-state index contributed by atoms with van der Waals surface area (Å²) in [5.74, 6) is 1.65. The Hall–Kier alpha value is -1.78. The highest BCUT2D eigenvalue weighted by molar-refractivity contribution is 7.88. The summed E-state index contributed by atoms with van der Waals surface area (Å²) in [6.07, 6.45) is 1.80. The van der Waals surface area contributed by atoms with Crippen molar-refractivity contribution in [2.24, 2.45) is 0 Å². The van der Waals surface area contributed by atoms with E-state index >= 15 is 0 Å². The maximum Gasteiger partial charge on any atom is 0.245 e. The zero-order chi connectivity index (χ0) is 18.2. The van der Waals surface area contributed by atoms with Crippen LogP contribution in [-0.4, -0.2) is 58.8 Å². The van der Waals surface area contributed by atoms with E-state index in [4.69, 9.17) is 9.05 Å². The number of nitrogens with zero attached hydrogens (tertiary/aromatic N) is 5. The molecule has 1 unspecified atom stereocenters. The quantitative estimate of drug-likeness (QED) is 0.791. The Labute approximate surface area is 147 Å². The van der Waals surface area contributed by atoms with Gasteiger partial charge in [-0.05, 0) is 27.2 Å². The van der Waals surface area contributed by atoms with Crippen LogP contribution in [0, 0.1) is 20.8 Å². The summed E-state index contributed by atoms with van der Waals surface area (Å²) in [6.45, 7) is 7.89. The van der Waals surface area contributed by atoms with Crippen molar-refractivity contribution in [2.45, 2.75) is 39.8 Å². The second-order valence-corrected chi connectivity index (χ2v) is 8.37. The molecule has 138 valence electrons. The van der Waals surface area contributed by atoms with Gasteiger partial charge in [0.15, 0.2) is 5.82 Å². The predicted molar refractivity (Wildman–Crippen MR) is 89.2 cm³/mol. The van der Waals surface area contributed by atoms with E-state index in [1.807, 2.05) is 13.8 Å². The predicted octanol–water partition coefficient (Wildman–Crippen LogP) is 1.19. The Morgan fingerprint density at radius 3 is 2.44 bits per heavy atom. The van der Waals surface area contributed by atoms with E-state index in [0.29, 0.717) is 44.3 Å². The fourth-order valence-corrected chi connectivity index (χ4v) is 4.23. The van der Waals surface area contributed by atoms with Gasteiger partial charge in [0.2, 0.25) is 15.9 Å². The van der Waals surface area contributed by atoms with Crippen LogP contribution in [0.5, 0.6) is 0 Å². The number of aryl methyl sites for hydroxylation is 3. The van der Waals surface area contributed by atoms with E-state index in [2.05, 4.69) is 20.2 Å². The molecule has 3 rings (SSSR count). The molecule has 0 N–H and O–H groups in total. The SMILES string of the molecule is Cc1noc(C2CCN(Cc3c(C)noc3C)CCN2S(C)(=O)=O)n1. The van der Waals surface area contributed by atoms with Gasteiger partial charge in [0, 0.05) is 31.7 Å². The molecule has 1 fully saturated rings. The van der Waals surface area contributed by atoms with Crippen molar-refractivity contribution in [1.29, 1.82) is 0 Å². The normalized spacial score (nSPS) is 20.7. The van der Waals surface area contributed by atoms with E-state index in [9.17, 15) is 8.42 Å². The zero-order valence-electron chi connectivity index (χ0n) is 14.9. The minimum Gasteiger partial charge on any atom is -0.361 e. The van der Waals surface area contributed by atoms with Gasteiger partial charge in [-0.25, -0.2) is 8.42 Å². The van der Waals surface area contributed by atoms with E-state index in [-0.39, 0.29) is 0 Å². The van der Waals surface area contributed by atoms with E-state index in [1.165, 1.54) is 10.6 Å². The van der Waals surface area contributed by atoms with Crippen LogP contribution in [-0.2, 0) is 16.6 Å². The van der Waals surface area contributed by atoms with Gasteiger partial charge in [-0.15, -0.1) is 0 Å². The molecule has 0 aliphatic carbocycles. The van der Waals surface area contributed by atoms with Crippen LogP contribution in [0.2, 0.25) is 0 Å². The third-order valence-corrected chi connectivity index (χ3v) is 5.81. The van der Waals surface area contributed by atoms with Gasteiger partial charge in [-0.1, -0.05) is 10.3 Å². The molecule has 0 aromatic carbocycles. The molecule has 1 saturated heterocycles. The highest BCUT2D eigenvalue weighted by Crippen LogP contribution is 2.29. The van der Waals surface area contributed by atoms with Crippen LogP contribution in [0.15, 0.2) is 9.05 Å². The summed E-state index contributed by atoms with van der Waals surface area (Å²) < 4.78 is 36.4. The Morgan fingerprint density at radius 2 is 1.88 bits per heavy atom. The van der Waals surface area contributed by atoms with Gasteiger partial charge in [0.05, 0.1) is 11.9 Å². The van der Waals surface area contributed by atoms with E-state index in [0.717, 1.165) is 17.0 Å². The fourth-order valence-electron chi connectivity index (χ4n) is 3.16. The standard InChI is InChI=1S/C15H23N5O4S/c1-10-13(11(2)23-17-10)9-19-6-5-14(15-16-12(3)18-24-15)20(8-7-19)25(4,21)22/h14H,5-9H2,1-4H3. The van der Waals surface area contributed by atoms with Gasteiger partial charge in [0.1, 0.15) is 11.8 Å². The molecule has 0 amide bonds. The summed E-state index contributed by atoms with van der Waals surface area (Å²) in [5.41, 5.74) is 1.92. The average Bonchev–Trinajstić information content (AvgIpc) is 3.00. The van der Waals surface area contributed by atoms with Gasteiger partial charge in [-0.3, -0.25) is 4.90 Å². The summed E-state index contributed by atoms with van der Waals surface area (Å²) in [6, 6.07) is -0.439. The summed E-state index contributed by atoms with van der Waals surface area (Å²) in [5, 5.41) is 7.78. The van der Waals surface area contributed by atoms with Crippen molar-refractivity contribution in [3.63, 3.8) is 0 Å². The van der Waals surface area contributed by atoms with Crippen molar-refractivity contribution >= 4 is 10.0 Å². The topological polar surface area (TPSA) is 106 Å². The zero-order valence-corrected chi connectivity index (χ0v) is 15.7. The van der Waals surface area contributed by atoms with Gasteiger partial charge in [-0.2, -0.15) is 9.29 Å². The number of rotatable bonds is 4. The van der Waals surface area contributed by atoms with Gasteiger partial charge >= 0.3 is 0 Å². The number of hydrogen-bond donors (Lipinski definition) is 0. The molecule has 0 spiro atoms. The van der Waals surface area contributed by atoms with Crippen LogP contribution in [0.3, 0.4) is 0 Å². The molecular formula is C15H23N5O4S. The first-order valence-electron chi connectivity index (χ1n) is 8.17. The Morgan fingerprint density at radius 1 is 1.12 bits per heavy atom. The van der Waals surface area contributed by atoms with E-state index in [1.54, 1.807) is 6.92 Å². The lowest BCUT2D eigenvalue weighted by atomic mass is 10.1. The van der Waals surface area contributed by atoms with E-state index < -0.39 is 16.1 Å². The average molecular weight is 369 g/mol. The molecule has 1 aliphatic rings. The molecular weight excluding hydrogens is 346 g/mol. The number of hydrogen-bond acceptors (Lipinski definition) is 8. The van der Waals surface area contributed by atoms with Crippen LogP contribution in [0.4, 0.5) is 0 Å². The molecule has 0 saturated carbocycles. The highest BCUT2D eigenvalue weighted by atomic mass is 32.2. The molecule has 0 radical (unpaired) electrons. The molecule has 1 aliphatic heterocycles. The highest BCUT2D eigenvalue weighted by Gasteiger charge is 2.35. The van der Waals surface area contributed by atoms with Gasteiger partial charge in [0.25, 0.3) is 0 Å². The van der Waals surface area contributed by atoms with Crippen LogP contribution >= 0.6 is 0 Å². The maximum absolute atomic E-state index is 12.3.